The molecule has 0 heteroatoms. The predicted octanol–water partition coefficient (Wildman–Crippen LogP) is 6.16. The summed E-state index contributed by atoms with van der Waals surface area (Å²) in [5.74, 6) is 0. The van der Waals surface area contributed by atoms with Gasteiger partial charge in [-0.2, -0.15) is 0 Å². The van der Waals surface area contributed by atoms with Crippen molar-refractivity contribution in [1.82, 2.24) is 0 Å². The normalized spacial score (nSPS) is 7.93. The van der Waals surface area contributed by atoms with Gasteiger partial charge in [-0.3, -0.25) is 0 Å². The second-order valence-electron chi connectivity index (χ2n) is 2.43. The molecule has 0 aromatic heterocycles. The third-order valence-corrected chi connectivity index (χ3v) is 1.16. The van der Waals surface area contributed by atoms with E-state index in [-0.39, 0.29) is 0 Å². The molecule has 0 N–H and O–H groups in total. The zero-order chi connectivity index (χ0) is 12.9. The summed E-state index contributed by atoms with van der Waals surface area (Å²) < 4.78 is 0. The number of allylic oxidation sites excluding steroid dienone is 5. The van der Waals surface area contributed by atoms with Crippen molar-refractivity contribution in [1.29, 1.82) is 0 Å². The molecule has 0 heterocycles. The van der Waals surface area contributed by atoms with Crippen LogP contribution >= 0.6 is 0 Å². The lowest BCUT2D eigenvalue weighted by molar-refractivity contribution is 0.886. The van der Waals surface area contributed by atoms with Gasteiger partial charge in [-0.15, -0.1) is 0 Å². The van der Waals surface area contributed by atoms with E-state index >= 15 is 0 Å². The van der Waals surface area contributed by atoms with E-state index in [0.29, 0.717) is 0 Å². The topological polar surface area (TPSA) is 0 Å². The summed E-state index contributed by atoms with van der Waals surface area (Å²) in [5, 5.41) is 0. The smallest absolute Gasteiger partial charge is 0.0467 e. The summed E-state index contributed by atoms with van der Waals surface area (Å²) in [6, 6.07) is 0. The minimum atomic E-state index is 1.32. The summed E-state index contributed by atoms with van der Waals surface area (Å²) in [5.41, 5.74) is 0. The Morgan fingerprint density at radius 2 is 1.13 bits per heavy atom. The lowest BCUT2D eigenvalue weighted by atomic mass is 10.4. The van der Waals surface area contributed by atoms with Gasteiger partial charge in [-0.25, -0.2) is 0 Å². The molecule has 0 aliphatic heterocycles. The average molecular weight is 212 g/mol. The minimum absolute atomic E-state index is 1.32. The molecule has 0 nitrogen and oxygen atoms in total. The zero-order valence-electron chi connectivity index (χ0n) is 12.0. The van der Waals surface area contributed by atoms with Gasteiger partial charge in [0.25, 0.3) is 0 Å². The molecule has 0 saturated carbocycles. The van der Waals surface area contributed by atoms with Crippen LogP contribution in [0.25, 0.3) is 0 Å². The Balaban J connectivity index is -0.0000000562. The highest BCUT2D eigenvalue weighted by Gasteiger charge is 1.56. The molecule has 0 unspecified atom stereocenters. The average Bonchev–Trinajstić information content (AvgIpc) is 2.33. The van der Waals surface area contributed by atoms with Crippen molar-refractivity contribution in [3.05, 3.63) is 37.0 Å². The number of unbranched alkanes of at least 4 members (excludes halogenated alkanes) is 1. The van der Waals surface area contributed by atoms with E-state index in [1.807, 2.05) is 58.9 Å². The molecule has 0 bridgehead atoms. The first-order valence-corrected chi connectivity index (χ1v) is 6.05. The van der Waals surface area contributed by atoms with E-state index < -0.39 is 0 Å². The highest BCUT2D eigenvalue weighted by atomic mass is 13.6. The van der Waals surface area contributed by atoms with Crippen molar-refractivity contribution >= 4 is 0 Å². The van der Waals surface area contributed by atoms with E-state index in [4.69, 9.17) is 0 Å². The monoisotopic (exact) mass is 212 g/mol. The molecule has 0 aromatic carbocycles. The van der Waals surface area contributed by atoms with Crippen LogP contribution < -0.4 is 0 Å². The van der Waals surface area contributed by atoms with Crippen LogP contribution in [0.4, 0.5) is 0 Å². The van der Waals surface area contributed by atoms with Crippen LogP contribution in [-0.2, 0) is 0 Å². The molecule has 0 saturated heterocycles. The lowest BCUT2D eigenvalue weighted by Gasteiger charge is -1.68. The van der Waals surface area contributed by atoms with Gasteiger partial charge < -0.3 is 0 Å². The van der Waals surface area contributed by atoms with Gasteiger partial charge in [0, 0.05) is 0 Å². The fourth-order valence-corrected chi connectivity index (χ4v) is 0.136. The molecular weight excluding hydrogens is 180 g/mol. The van der Waals surface area contributed by atoms with Crippen molar-refractivity contribution in [3.8, 4) is 0 Å². The van der Waals surface area contributed by atoms with Gasteiger partial charge in [-0.05, 0) is 20.8 Å². The highest BCUT2D eigenvalue weighted by molar-refractivity contribution is 4.94. The van der Waals surface area contributed by atoms with E-state index in [9.17, 15) is 0 Å². The molecule has 0 rings (SSSR count). The first-order valence-electron chi connectivity index (χ1n) is 6.05. The summed E-state index contributed by atoms with van der Waals surface area (Å²) in [4.78, 5) is 0. The van der Waals surface area contributed by atoms with Crippen LogP contribution in [-0.4, -0.2) is 0 Å². The third kappa shape index (κ3) is 161. The number of hydrogen-bond donors (Lipinski definition) is 0. The Morgan fingerprint density at radius 1 is 0.800 bits per heavy atom. The molecule has 0 amide bonds. The van der Waals surface area contributed by atoms with Crippen molar-refractivity contribution in [2.75, 3.05) is 0 Å². The van der Waals surface area contributed by atoms with Crippen molar-refractivity contribution in [2.24, 2.45) is 0 Å². The van der Waals surface area contributed by atoms with Crippen LogP contribution in [0.3, 0.4) is 0 Å². The zero-order valence-corrected chi connectivity index (χ0v) is 12.0. The summed E-state index contributed by atoms with van der Waals surface area (Å²) in [7, 11) is 0. The number of rotatable bonds is 2. The fourth-order valence-electron chi connectivity index (χ4n) is 0.136. The van der Waals surface area contributed by atoms with Crippen LogP contribution in [0.1, 0.15) is 61.3 Å². The van der Waals surface area contributed by atoms with E-state index in [1.54, 1.807) is 6.08 Å². The molecule has 15 heavy (non-hydrogen) atoms. The largest absolute Gasteiger partial charge is 0.0991 e. The Bertz CT molecular complexity index is 101. The van der Waals surface area contributed by atoms with Gasteiger partial charge in [0.15, 0.2) is 0 Å². The first-order chi connectivity index (χ1) is 7.24. The summed E-state index contributed by atoms with van der Waals surface area (Å²) in [6.07, 6.45) is 12.2. The maximum Gasteiger partial charge on any atom is -0.0467 e. The minimum Gasteiger partial charge on any atom is -0.0991 e. The fraction of sp³-hybridized carbons (Fsp3) is 0.600. The van der Waals surface area contributed by atoms with Gasteiger partial charge in [0.2, 0.25) is 0 Å². The Labute approximate surface area is 98.8 Å². The quantitative estimate of drug-likeness (QED) is 0.379. The van der Waals surface area contributed by atoms with Gasteiger partial charge in [0.05, 0.1) is 0 Å². The summed E-state index contributed by atoms with van der Waals surface area (Å²) in [6.45, 7) is 17.8. The maximum absolute atomic E-state index is 3.46. The molecule has 0 fully saturated rings. The van der Waals surface area contributed by atoms with Crippen LogP contribution in [0.5, 0.6) is 0 Å². The van der Waals surface area contributed by atoms with Crippen molar-refractivity contribution in [2.45, 2.75) is 61.3 Å². The van der Waals surface area contributed by atoms with E-state index in [0.717, 1.165) is 0 Å². The predicted molar refractivity (Wildman–Crippen MR) is 77.4 cm³/mol. The molecule has 92 valence electrons. The number of hydrogen-bond acceptors (Lipinski definition) is 0. The SMILES string of the molecule is C/C=C\C.C=C/C=C\C.CC.CCCC. The van der Waals surface area contributed by atoms with Crippen LogP contribution in [0, 0.1) is 0 Å². The second-order valence-corrected chi connectivity index (χ2v) is 2.43. The van der Waals surface area contributed by atoms with Crippen molar-refractivity contribution in [3.63, 3.8) is 0 Å². The molecular formula is C15H32. The molecule has 0 aliphatic carbocycles. The molecule has 0 aromatic rings. The van der Waals surface area contributed by atoms with E-state index in [2.05, 4.69) is 20.4 Å². The standard InChI is InChI=1S/C5H8.C4H10.C4H8.C2H6/c1-3-5-4-2;2*1-3-4-2;1-2/h3-5H,1H2,2H3;3-4H2,1-2H3;3-4H,1-2H3;1-2H3/b5-4-;;4-3-;. The third-order valence-electron chi connectivity index (χ3n) is 1.16. The Morgan fingerprint density at radius 3 is 1.13 bits per heavy atom. The van der Waals surface area contributed by atoms with Gasteiger partial charge in [-0.1, -0.05) is 77.5 Å². The molecule has 0 spiro atoms. The lowest BCUT2D eigenvalue weighted by Crippen LogP contribution is -1.47. The molecule has 0 radical (unpaired) electrons. The molecule has 0 aliphatic rings. The van der Waals surface area contributed by atoms with E-state index in [1.165, 1.54) is 12.8 Å². The van der Waals surface area contributed by atoms with Crippen LogP contribution in [0.2, 0.25) is 0 Å². The summed E-state index contributed by atoms with van der Waals surface area (Å²) >= 11 is 0. The van der Waals surface area contributed by atoms with Gasteiger partial charge in [0.1, 0.15) is 0 Å². The second kappa shape index (κ2) is 51.0. The van der Waals surface area contributed by atoms with Gasteiger partial charge >= 0.3 is 0 Å². The maximum atomic E-state index is 3.46. The Hall–Kier alpha value is -0.780. The van der Waals surface area contributed by atoms with Crippen molar-refractivity contribution < 1.29 is 0 Å². The van der Waals surface area contributed by atoms with Crippen LogP contribution in [0.15, 0.2) is 37.0 Å². The Kier molecular flexibility index (Phi) is 80.9. The highest BCUT2D eigenvalue weighted by Crippen LogP contribution is 1.76. The first kappa shape index (κ1) is 23.8. The molecule has 0 atom stereocenters.